The van der Waals surface area contributed by atoms with Crippen LogP contribution in [-0.4, -0.2) is 30.2 Å². The van der Waals surface area contributed by atoms with Crippen LogP contribution in [0.15, 0.2) is 42.5 Å². The largest absolute Gasteiger partial charge is 0.573 e. The molecule has 10 heteroatoms. The summed E-state index contributed by atoms with van der Waals surface area (Å²) in [5, 5.41) is 9.54. The van der Waals surface area contributed by atoms with Gasteiger partial charge in [-0.2, -0.15) is 13.2 Å². The fourth-order valence-corrected chi connectivity index (χ4v) is 3.18. The minimum absolute atomic E-state index is 0.183. The van der Waals surface area contributed by atoms with Crippen molar-refractivity contribution < 1.29 is 45.7 Å². The summed E-state index contributed by atoms with van der Waals surface area (Å²) in [4.78, 5) is 11.7. The lowest BCUT2D eigenvalue weighted by Gasteiger charge is -2.18. The molecule has 1 saturated carbocycles. The lowest BCUT2D eigenvalue weighted by atomic mass is 9.91. The lowest BCUT2D eigenvalue weighted by molar-refractivity contribution is -0.274. The van der Waals surface area contributed by atoms with E-state index in [1.54, 1.807) is 0 Å². The third-order valence-corrected chi connectivity index (χ3v) is 4.76. The number of aliphatic carboxylic acids is 1. The van der Waals surface area contributed by atoms with Gasteiger partial charge in [0.1, 0.15) is 11.5 Å². The predicted molar refractivity (Wildman–Crippen MR) is 97.8 cm³/mol. The van der Waals surface area contributed by atoms with Gasteiger partial charge >= 0.3 is 18.5 Å². The fourth-order valence-electron chi connectivity index (χ4n) is 3.18. The van der Waals surface area contributed by atoms with Gasteiger partial charge in [0.05, 0.1) is 5.92 Å². The molecule has 1 unspecified atom stereocenters. The van der Waals surface area contributed by atoms with Gasteiger partial charge in [0, 0.05) is 5.56 Å². The molecule has 1 aliphatic carbocycles. The summed E-state index contributed by atoms with van der Waals surface area (Å²) in [6, 6.07) is 8.68. The smallest absolute Gasteiger partial charge is 0.483 e. The van der Waals surface area contributed by atoms with Crippen LogP contribution in [0.5, 0.6) is 11.5 Å². The van der Waals surface area contributed by atoms with Crippen LogP contribution in [0, 0.1) is 5.92 Å². The molecule has 3 rings (SSSR count). The molecule has 0 aliphatic heterocycles. The Morgan fingerprint density at radius 3 is 2.19 bits per heavy atom. The third-order valence-electron chi connectivity index (χ3n) is 4.76. The number of ether oxygens (including phenoxy) is 2. The molecule has 0 bridgehead atoms. The van der Waals surface area contributed by atoms with Crippen molar-refractivity contribution in [3.8, 4) is 22.6 Å². The number of alkyl halides is 6. The zero-order valence-electron chi connectivity index (χ0n) is 16.0. The second-order valence-corrected chi connectivity index (χ2v) is 7.30. The third kappa shape index (κ3) is 6.80. The zero-order valence-corrected chi connectivity index (χ0v) is 16.0. The molecule has 0 amide bonds. The molecule has 168 valence electrons. The Labute approximate surface area is 173 Å². The summed E-state index contributed by atoms with van der Waals surface area (Å²) in [6.45, 7) is -1.60. The quantitative estimate of drug-likeness (QED) is 0.492. The van der Waals surface area contributed by atoms with Crippen molar-refractivity contribution >= 4 is 5.97 Å². The van der Waals surface area contributed by atoms with E-state index in [-0.39, 0.29) is 22.8 Å². The summed E-state index contributed by atoms with van der Waals surface area (Å²) in [5.41, 5.74) is 0.770. The number of benzene rings is 2. The summed E-state index contributed by atoms with van der Waals surface area (Å²) in [6.07, 6.45) is -7.32. The first-order valence-electron chi connectivity index (χ1n) is 9.34. The summed E-state index contributed by atoms with van der Waals surface area (Å²) >= 11 is 0. The normalized spacial score (nSPS) is 15.4. The Kier molecular flexibility index (Phi) is 6.38. The fraction of sp³-hybridized carbons (Fsp3) is 0.381. The Balaban J connectivity index is 1.93. The van der Waals surface area contributed by atoms with E-state index < -0.39 is 36.8 Å². The minimum atomic E-state index is -4.88. The number of carbonyl (C=O) groups is 1. The van der Waals surface area contributed by atoms with Gasteiger partial charge in [-0.1, -0.05) is 37.1 Å². The molecule has 2 aromatic rings. The molecule has 31 heavy (non-hydrogen) atoms. The SMILES string of the molecule is O=C(O)C(CC1CC1)c1ccc(-c2ccc(OC(F)(F)F)cc2)c(OCC(F)(F)F)c1. The first kappa shape index (κ1) is 22.8. The van der Waals surface area contributed by atoms with Crippen LogP contribution < -0.4 is 9.47 Å². The molecule has 0 heterocycles. The van der Waals surface area contributed by atoms with E-state index in [4.69, 9.17) is 4.74 Å². The number of carboxylic acid groups (broad SMARTS) is 1. The van der Waals surface area contributed by atoms with Crippen molar-refractivity contribution in [1.82, 2.24) is 0 Å². The second kappa shape index (κ2) is 8.68. The van der Waals surface area contributed by atoms with Crippen LogP contribution in [0.1, 0.15) is 30.7 Å². The van der Waals surface area contributed by atoms with Gasteiger partial charge < -0.3 is 14.6 Å². The number of rotatable bonds is 8. The van der Waals surface area contributed by atoms with Crippen molar-refractivity contribution in [2.45, 2.75) is 37.7 Å². The molecule has 4 nitrogen and oxygen atoms in total. The first-order valence-corrected chi connectivity index (χ1v) is 9.34. The molecule has 1 fully saturated rings. The molecule has 0 radical (unpaired) electrons. The van der Waals surface area contributed by atoms with Crippen LogP contribution in [-0.2, 0) is 4.79 Å². The number of carboxylic acids is 1. The number of hydrogen-bond acceptors (Lipinski definition) is 3. The Morgan fingerprint density at radius 1 is 1.03 bits per heavy atom. The van der Waals surface area contributed by atoms with Gasteiger partial charge in [-0.05, 0) is 41.7 Å². The average molecular weight is 448 g/mol. The van der Waals surface area contributed by atoms with Crippen LogP contribution in [0.3, 0.4) is 0 Å². The van der Waals surface area contributed by atoms with Gasteiger partial charge in [0.2, 0.25) is 0 Å². The van der Waals surface area contributed by atoms with E-state index in [1.165, 1.54) is 30.3 Å². The molecular weight excluding hydrogens is 430 g/mol. The molecule has 0 spiro atoms. The number of halogens is 6. The van der Waals surface area contributed by atoms with Crippen LogP contribution in [0.2, 0.25) is 0 Å². The van der Waals surface area contributed by atoms with Crippen LogP contribution in [0.25, 0.3) is 11.1 Å². The van der Waals surface area contributed by atoms with Gasteiger partial charge in [-0.3, -0.25) is 4.79 Å². The summed E-state index contributed by atoms with van der Waals surface area (Å²) in [5.74, 6) is -2.41. The van der Waals surface area contributed by atoms with Crippen LogP contribution >= 0.6 is 0 Å². The van der Waals surface area contributed by atoms with E-state index in [0.29, 0.717) is 12.0 Å². The molecule has 2 aromatic carbocycles. The molecule has 0 aromatic heterocycles. The summed E-state index contributed by atoms with van der Waals surface area (Å²) in [7, 11) is 0. The Bertz CT molecular complexity index is 917. The van der Waals surface area contributed by atoms with E-state index >= 15 is 0 Å². The number of hydrogen-bond donors (Lipinski definition) is 1. The van der Waals surface area contributed by atoms with E-state index in [0.717, 1.165) is 25.0 Å². The first-order chi connectivity index (χ1) is 14.4. The van der Waals surface area contributed by atoms with Gasteiger partial charge in [0.15, 0.2) is 6.61 Å². The maximum absolute atomic E-state index is 12.7. The highest BCUT2D eigenvalue weighted by Gasteiger charge is 2.33. The van der Waals surface area contributed by atoms with Crippen LogP contribution in [0.4, 0.5) is 26.3 Å². The molecular formula is C21H18F6O4. The van der Waals surface area contributed by atoms with Gasteiger partial charge in [-0.15, -0.1) is 13.2 Å². The van der Waals surface area contributed by atoms with Gasteiger partial charge in [0.25, 0.3) is 0 Å². The average Bonchev–Trinajstić information content (AvgIpc) is 3.47. The highest BCUT2D eigenvalue weighted by molar-refractivity contribution is 5.78. The Hall–Kier alpha value is -2.91. The summed E-state index contributed by atoms with van der Waals surface area (Å²) < 4.78 is 83.8. The Morgan fingerprint density at radius 2 is 1.68 bits per heavy atom. The second-order valence-electron chi connectivity index (χ2n) is 7.30. The zero-order chi connectivity index (χ0) is 22.8. The molecule has 1 aliphatic rings. The molecule has 1 N–H and O–H groups in total. The maximum atomic E-state index is 12.7. The topological polar surface area (TPSA) is 55.8 Å². The predicted octanol–water partition coefficient (Wildman–Crippen LogP) is 6.16. The highest BCUT2D eigenvalue weighted by Crippen LogP contribution is 2.41. The van der Waals surface area contributed by atoms with E-state index in [2.05, 4.69) is 4.74 Å². The van der Waals surface area contributed by atoms with Crippen molar-refractivity contribution in [2.75, 3.05) is 6.61 Å². The van der Waals surface area contributed by atoms with Crippen molar-refractivity contribution in [3.05, 3.63) is 48.0 Å². The maximum Gasteiger partial charge on any atom is 0.573 e. The van der Waals surface area contributed by atoms with Crippen molar-refractivity contribution in [2.24, 2.45) is 5.92 Å². The van der Waals surface area contributed by atoms with E-state index in [1.807, 2.05) is 0 Å². The van der Waals surface area contributed by atoms with Gasteiger partial charge in [-0.25, -0.2) is 0 Å². The monoisotopic (exact) mass is 448 g/mol. The van der Waals surface area contributed by atoms with E-state index in [9.17, 15) is 36.2 Å². The minimum Gasteiger partial charge on any atom is -0.483 e. The molecule has 1 atom stereocenters. The highest BCUT2D eigenvalue weighted by atomic mass is 19.4. The lowest BCUT2D eigenvalue weighted by Crippen LogP contribution is -2.20. The molecule has 0 saturated heterocycles. The van der Waals surface area contributed by atoms with Crippen molar-refractivity contribution in [3.63, 3.8) is 0 Å². The van der Waals surface area contributed by atoms with Crippen molar-refractivity contribution in [1.29, 1.82) is 0 Å². The standard InChI is InChI=1S/C21H18F6O4/c22-20(23,24)11-30-18-10-14(17(19(28)29)9-12-1-2-12)5-8-16(18)13-3-6-15(7-4-13)31-21(25,26)27/h3-8,10,12,17H,1-2,9,11H2,(H,28,29).